The molecule has 5 heteroatoms. The highest BCUT2D eigenvalue weighted by Gasteiger charge is 2.12. The first-order chi connectivity index (χ1) is 9.36. The number of aromatic nitrogens is 2. The standard InChI is InChI=1S/C14H16N4O/c1-19-13-5-3-2-4-12(13)18-14-16-9-10-8-15-7-6-11(10)17-14/h2-5,9,15H,6-8H2,1H3,(H,16,17,18). The first-order valence-corrected chi connectivity index (χ1v) is 6.32. The Labute approximate surface area is 112 Å². The number of para-hydroxylation sites is 2. The van der Waals surface area contributed by atoms with Crippen LogP contribution in [0.25, 0.3) is 0 Å². The first kappa shape index (κ1) is 11.9. The topological polar surface area (TPSA) is 59.1 Å². The maximum absolute atomic E-state index is 5.30. The van der Waals surface area contributed by atoms with Gasteiger partial charge in [-0.25, -0.2) is 9.97 Å². The predicted octanol–water partition coefficient (Wildman–Crippen LogP) is 1.87. The summed E-state index contributed by atoms with van der Waals surface area (Å²) in [5.41, 5.74) is 3.17. The van der Waals surface area contributed by atoms with Crippen molar-refractivity contribution in [1.29, 1.82) is 0 Å². The molecule has 0 bridgehead atoms. The van der Waals surface area contributed by atoms with Gasteiger partial charge in [-0.15, -0.1) is 0 Å². The van der Waals surface area contributed by atoms with Crippen molar-refractivity contribution in [2.24, 2.45) is 0 Å². The van der Waals surface area contributed by atoms with Crippen molar-refractivity contribution in [2.75, 3.05) is 19.0 Å². The summed E-state index contributed by atoms with van der Waals surface area (Å²) in [5, 5.41) is 6.51. The smallest absolute Gasteiger partial charge is 0.227 e. The number of hydrogen-bond acceptors (Lipinski definition) is 5. The lowest BCUT2D eigenvalue weighted by atomic mass is 10.1. The number of fused-ring (bicyclic) bond motifs is 1. The third-order valence-corrected chi connectivity index (χ3v) is 3.16. The van der Waals surface area contributed by atoms with Crippen LogP contribution in [0.5, 0.6) is 5.75 Å². The third-order valence-electron chi connectivity index (χ3n) is 3.16. The van der Waals surface area contributed by atoms with Crippen LogP contribution < -0.4 is 15.4 Å². The Bertz CT molecular complexity index is 585. The lowest BCUT2D eigenvalue weighted by Crippen LogP contribution is -2.25. The van der Waals surface area contributed by atoms with Crippen LogP contribution >= 0.6 is 0 Å². The predicted molar refractivity (Wildman–Crippen MR) is 73.7 cm³/mol. The molecule has 2 heterocycles. The second-order valence-electron chi connectivity index (χ2n) is 4.42. The Kier molecular flexibility index (Phi) is 3.29. The largest absolute Gasteiger partial charge is 0.495 e. The van der Waals surface area contributed by atoms with Crippen molar-refractivity contribution in [3.63, 3.8) is 0 Å². The molecule has 0 unspecified atom stereocenters. The van der Waals surface area contributed by atoms with E-state index in [1.165, 1.54) is 5.56 Å². The molecule has 0 amide bonds. The second kappa shape index (κ2) is 5.24. The van der Waals surface area contributed by atoms with Gasteiger partial charge in [0.1, 0.15) is 5.75 Å². The summed E-state index contributed by atoms with van der Waals surface area (Å²) in [6.07, 6.45) is 2.82. The van der Waals surface area contributed by atoms with Gasteiger partial charge in [-0.05, 0) is 12.1 Å². The number of nitrogens with zero attached hydrogens (tertiary/aromatic N) is 2. The van der Waals surface area contributed by atoms with E-state index in [2.05, 4.69) is 20.6 Å². The van der Waals surface area contributed by atoms with Gasteiger partial charge in [0.2, 0.25) is 5.95 Å². The molecule has 0 fully saturated rings. The van der Waals surface area contributed by atoms with Crippen LogP contribution in [0.3, 0.4) is 0 Å². The summed E-state index contributed by atoms with van der Waals surface area (Å²) in [6.45, 7) is 1.82. The Morgan fingerprint density at radius 1 is 1.32 bits per heavy atom. The van der Waals surface area contributed by atoms with Gasteiger partial charge in [0.05, 0.1) is 18.5 Å². The van der Waals surface area contributed by atoms with Crippen LogP contribution in [-0.4, -0.2) is 23.6 Å². The van der Waals surface area contributed by atoms with E-state index >= 15 is 0 Å². The Hall–Kier alpha value is -2.14. The maximum Gasteiger partial charge on any atom is 0.227 e. The van der Waals surface area contributed by atoms with Crippen molar-refractivity contribution in [2.45, 2.75) is 13.0 Å². The molecule has 2 N–H and O–H groups in total. The van der Waals surface area contributed by atoms with Gasteiger partial charge in [-0.3, -0.25) is 0 Å². The minimum Gasteiger partial charge on any atom is -0.495 e. The minimum atomic E-state index is 0.616. The minimum absolute atomic E-state index is 0.616. The van der Waals surface area contributed by atoms with Gasteiger partial charge in [-0.2, -0.15) is 0 Å². The van der Waals surface area contributed by atoms with Crippen LogP contribution in [-0.2, 0) is 13.0 Å². The summed E-state index contributed by atoms with van der Waals surface area (Å²) >= 11 is 0. The number of rotatable bonds is 3. The molecule has 0 saturated carbocycles. The number of nitrogens with one attached hydrogen (secondary N) is 2. The van der Waals surface area contributed by atoms with E-state index in [1.807, 2.05) is 30.5 Å². The normalized spacial score (nSPS) is 13.7. The molecule has 2 aromatic rings. The Balaban J connectivity index is 1.87. The monoisotopic (exact) mass is 256 g/mol. The van der Waals surface area contributed by atoms with Crippen molar-refractivity contribution < 1.29 is 4.74 Å². The van der Waals surface area contributed by atoms with Gasteiger partial charge >= 0.3 is 0 Å². The van der Waals surface area contributed by atoms with Crippen LogP contribution in [0.15, 0.2) is 30.5 Å². The number of anilines is 2. The van der Waals surface area contributed by atoms with E-state index in [0.717, 1.165) is 36.6 Å². The van der Waals surface area contributed by atoms with Crippen molar-refractivity contribution in [1.82, 2.24) is 15.3 Å². The van der Waals surface area contributed by atoms with E-state index in [9.17, 15) is 0 Å². The van der Waals surface area contributed by atoms with Crippen LogP contribution in [0.2, 0.25) is 0 Å². The molecule has 0 spiro atoms. The molecule has 0 saturated heterocycles. The zero-order valence-corrected chi connectivity index (χ0v) is 10.8. The van der Waals surface area contributed by atoms with E-state index < -0.39 is 0 Å². The number of ether oxygens (including phenoxy) is 1. The van der Waals surface area contributed by atoms with Gasteiger partial charge in [0.15, 0.2) is 0 Å². The molecule has 3 rings (SSSR count). The molecular weight excluding hydrogens is 240 g/mol. The average Bonchev–Trinajstić information content (AvgIpc) is 2.48. The molecule has 1 aromatic carbocycles. The molecule has 0 radical (unpaired) electrons. The Morgan fingerprint density at radius 3 is 3.11 bits per heavy atom. The first-order valence-electron chi connectivity index (χ1n) is 6.32. The fourth-order valence-corrected chi connectivity index (χ4v) is 2.16. The van der Waals surface area contributed by atoms with E-state index in [1.54, 1.807) is 7.11 Å². The quantitative estimate of drug-likeness (QED) is 0.878. The van der Waals surface area contributed by atoms with Crippen molar-refractivity contribution in [3.05, 3.63) is 41.7 Å². The Morgan fingerprint density at radius 2 is 2.21 bits per heavy atom. The summed E-state index contributed by atoms with van der Waals surface area (Å²) in [5.74, 6) is 1.40. The number of benzene rings is 1. The van der Waals surface area contributed by atoms with E-state index in [4.69, 9.17) is 4.74 Å². The van der Waals surface area contributed by atoms with Crippen LogP contribution in [0.1, 0.15) is 11.3 Å². The van der Waals surface area contributed by atoms with E-state index in [0.29, 0.717) is 5.95 Å². The van der Waals surface area contributed by atoms with Gasteiger partial charge in [0.25, 0.3) is 0 Å². The van der Waals surface area contributed by atoms with Crippen LogP contribution in [0, 0.1) is 0 Å². The molecule has 1 aliphatic rings. The highest BCUT2D eigenvalue weighted by atomic mass is 16.5. The molecule has 5 nitrogen and oxygen atoms in total. The molecule has 19 heavy (non-hydrogen) atoms. The van der Waals surface area contributed by atoms with Gasteiger partial charge in [0, 0.05) is 31.3 Å². The lowest BCUT2D eigenvalue weighted by Gasteiger charge is -2.16. The van der Waals surface area contributed by atoms with Crippen LogP contribution in [0.4, 0.5) is 11.6 Å². The van der Waals surface area contributed by atoms with Crippen molar-refractivity contribution in [3.8, 4) is 5.75 Å². The summed E-state index contributed by atoms with van der Waals surface area (Å²) < 4.78 is 5.30. The molecule has 1 aromatic heterocycles. The summed E-state index contributed by atoms with van der Waals surface area (Å²) in [7, 11) is 1.65. The summed E-state index contributed by atoms with van der Waals surface area (Å²) in [4.78, 5) is 8.91. The third kappa shape index (κ3) is 2.51. The highest BCUT2D eigenvalue weighted by Crippen LogP contribution is 2.25. The summed E-state index contributed by atoms with van der Waals surface area (Å²) in [6, 6.07) is 7.74. The van der Waals surface area contributed by atoms with E-state index in [-0.39, 0.29) is 0 Å². The molecule has 0 atom stereocenters. The zero-order valence-electron chi connectivity index (χ0n) is 10.8. The number of hydrogen-bond donors (Lipinski definition) is 2. The van der Waals surface area contributed by atoms with Gasteiger partial charge < -0.3 is 15.4 Å². The fraction of sp³-hybridized carbons (Fsp3) is 0.286. The fourth-order valence-electron chi connectivity index (χ4n) is 2.16. The number of methoxy groups -OCH3 is 1. The van der Waals surface area contributed by atoms with Crippen molar-refractivity contribution >= 4 is 11.6 Å². The molecule has 0 aliphatic carbocycles. The zero-order chi connectivity index (χ0) is 13.1. The molecule has 98 valence electrons. The maximum atomic E-state index is 5.30. The highest BCUT2D eigenvalue weighted by molar-refractivity contribution is 5.62. The lowest BCUT2D eigenvalue weighted by molar-refractivity contribution is 0.417. The molecular formula is C14H16N4O. The SMILES string of the molecule is COc1ccccc1Nc1ncc2c(n1)CCNC2. The van der Waals surface area contributed by atoms with Gasteiger partial charge in [-0.1, -0.05) is 12.1 Å². The second-order valence-corrected chi connectivity index (χ2v) is 4.42. The molecule has 1 aliphatic heterocycles. The average molecular weight is 256 g/mol.